The molecule has 4 N–H and O–H groups in total. The van der Waals surface area contributed by atoms with E-state index in [0.717, 1.165) is 0 Å². The molecule has 0 saturated carbocycles. The molecule has 0 aromatic heterocycles. The number of carboxylic acid groups (broad SMARTS) is 1. The van der Waals surface area contributed by atoms with Crippen LogP contribution in [-0.4, -0.2) is 35.7 Å². The third kappa shape index (κ3) is 2.78. The Bertz CT molecular complexity index is 541. The molecule has 108 valence electrons. The van der Waals surface area contributed by atoms with Gasteiger partial charge in [0.2, 0.25) is 0 Å². The number of aliphatic carboxylic acids is 1. The Hall–Kier alpha value is -1.60. The number of carboxylic acids is 1. The number of halogens is 1. The van der Waals surface area contributed by atoms with Gasteiger partial charge in [-0.2, -0.15) is 0 Å². The van der Waals surface area contributed by atoms with Gasteiger partial charge in [0.25, 0.3) is 5.91 Å². The minimum absolute atomic E-state index is 0.250. The number of primary amides is 1. The maximum Gasteiger partial charge on any atom is 0.329 e. The Morgan fingerprint density at radius 3 is 2.55 bits per heavy atom. The lowest BCUT2D eigenvalue weighted by molar-refractivity contribution is -0.145. The van der Waals surface area contributed by atoms with Crippen molar-refractivity contribution in [3.8, 4) is 0 Å². The molecular formula is C13H15BrN2O4. The third-order valence-electron chi connectivity index (χ3n) is 3.39. The van der Waals surface area contributed by atoms with Crippen molar-refractivity contribution in [2.45, 2.75) is 18.4 Å². The number of nitrogens with two attached hydrogens (primary N) is 1. The molecule has 1 aliphatic heterocycles. The summed E-state index contributed by atoms with van der Waals surface area (Å²) in [4.78, 5) is 23.1. The molecule has 0 unspecified atom stereocenters. The van der Waals surface area contributed by atoms with Gasteiger partial charge in [0.15, 0.2) is 0 Å². The molecule has 0 atom stereocenters. The first kappa shape index (κ1) is 14.8. The largest absolute Gasteiger partial charge is 0.480 e. The van der Waals surface area contributed by atoms with Crippen molar-refractivity contribution in [2.75, 3.05) is 18.5 Å². The summed E-state index contributed by atoms with van der Waals surface area (Å²) in [6.45, 7) is 0.721. The third-order valence-corrected chi connectivity index (χ3v) is 4.05. The van der Waals surface area contributed by atoms with Gasteiger partial charge in [0.05, 0.1) is 5.56 Å². The predicted molar refractivity (Wildman–Crippen MR) is 76.7 cm³/mol. The summed E-state index contributed by atoms with van der Waals surface area (Å²) in [6.07, 6.45) is 0.653. The second-order valence-corrected chi connectivity index (χ2v) is 5.51. The smallest absolute Gasteiger partial charge is 0.329 e. The highest BCUT2D eigenvalue weighted by molar-refractivity contribution is 9.10. The zero-order chi connectivity index (χ0) is 14.8. The molecule has 6 nitrogen and oxygen atoms in total. The van der Waals surface area contributed by atoms with Gasteiger partial charge >= 0.3 is 5.97 Å². The molecule has 0 radical (unpaired) electrons. The van der Waals surface area contributed by atoms with E-state index in [1.165, 1.54) is 0 Å². The SMILES string of the molecule is NC(=O)c1c(Br)cccc1NC1(C(=O)O)CCOCC1. The molecule has 0 bridgehead atoms. The summed E-state index contributed by atoms with van der Waals surface area (Å²) in [5, 5.41) is 12.5. The fraction of sp³-hybridized carbons (Fsp3) is 0.385. The zero-order valence-corrected chi connectivity index (χ0v) is 12.3. The first-order chi connectivity index (χ1) is 9.46. The highest BCUT2D eigenvalue weighted by Crippen LogP contribution is 2.31. The van der Waals surface area contributed by atoms with Crippen molar-refractivity contribution >= 4 is 33.5 Å². The van der Waals surface area contributed by atoms with E-state index in [0.29, 0.717) is 36.2 Å². The molecule has 1 fully saturated rings. The van der Waals surface area contributed by atoms with Crippen molar-refractivity contribution in [2.24, 2.45) is 5.73 Å². The van der Waals surface area contributed by atoms with E-state index in [1.54, 1.807) is 18.2 Å². The zero-order valence-electron chi connectivity index (χ0n) is 10.7. The van der Waals surface area contributed by atoms with Crippen LogP contribution in [-0.2, 0) is 9.53 Å². The van der Waals surface area contributed by atoms with Crippen LogP contribution in [0.25, 0.3) is 0 Å². The van der Waals surface area contributed by atoms with Crippen LogP contribution in [0, 0.1) is 0 Å². The number of nitrogens with one attached hydrogen (secondary N) is 1. The number of hydrogen-bond donors (Lipinski definition) is 3. The van der Waals surface area contributed by atoms with Gasteiger partial charge in [-0.3, -0.25) is 4.79 Å². The molecule has 1 amide bonds. The van der Waals surface area contributed by atoms with E-state index in [-0.39, 0.29) is 5.56 Å². The summed E-state index contributed by atoms with van der Waals surface area (Å²) in [5.74, 6) is -1.58. The quantitative estimate of drug-likeness (QED) is 0.771. The molecule has 1 heterocycles. The molecule has 0 aliphatic carbocycles. The van der Waals surface area contributed by atoms with Crippen LogP contribution in [0.3, 0.4) is 0 Å². The number of amides is 1. The van der Waals surface area contributed by atoms with Crippen molar-refractivity contribution in [3.63, 3.8) is 0 Å². The van der Waals surface area contributed by atoms with Gasteiger partial charge in [-0.1, -0.05) is 6.07 Å². The Morgan fingerprint density at radius 1 is 1.35 bits per heavy atom. The lowest BCUT2D eigenvalue weighted by Gasteiger charge is -2.35. The number of carbonyl (C=O) groups excluding carboxylic acids is 1. The number of rotatable bonds is 4. The topological polar surface area (TPSA) is 102 Å². The summed E-state index contributed by atoms with van der Waals surface area (Å²) in [7, 11) is 0. The Balaban J connectivity index is 2.39. The van der Waals surface area contributed by atoms with Crippen LogP contribution in [0.15, 0.2) is 22.7 Å². The standard InChI is InChI=1S/C13H15BrN2O4/c14-8-2-1-3-9(10(8)11(15)17)16-13(12(18)19)4-6-20-7-5-13/h1-3,16H,4-7H2,(H2,15,17)(H,18,19). The minimum atomic E-state index is -1.14. The van der Waals surface area contributed by atoms with E-state index in [4.69, 9.17) is 10.5 Å². The van der Waals surface area contributed by atoms with E-state index in [9.17, 15) is 14.7 Å². The Morgan fingerprint density at radius 2 is 2.00 bits per heavy atom. The van der Waals surface area contributed by atoms with Crippen LogP contribution < -0.4 is 11.1 Å². The summed E-state index contributed by atoms with van der Waals surface area (Å²) in [6, 6.07) is 5.04. The maximum atomic E-state index is 11.6. The van der Waals surface area contributed by atoms with Crippen molar-refractivity contribution in [3.05, 3.63) is 28.2 Å². The highest BCUT2D eigenvalue weighted by Gasteiger charge is 2.40. The second kappa shape index (κ2) is 5.80. The van der Waals surface area contributed by atoms with Gasteiger partial charge in [-0.25, -0.2) is 4.79 Å². The van der Waals surface area contributed by atoms with Crippen LogP contribution in [0.1, 0.15) is 23.2 Å². The summed E-state index contributed by atoms with van der Waals surface area (Å²) >= 11 is 3.25. The minimum Gasteiger partial charge on any atom is -0.480 e. The molecule has 2 rings (SSSR count). The van der Waals surface area contributed by atoms with E-state index in [1.807, 2.05) is 0 Å². The predicted octanol–water partition coefficient (Wildman–Crippen LogP) is 1.59. The molecule has 0 spiro atoms. The van der Waals surface area contributed by atoms with E-state index < -0.39 is 17.4 Å². The molecular weight excluding hydrogens is 328 g/mol. The molecule has 1 saturated heterocycles. The van der Waals surface area contributed by atoms with Crippen LogP contribution in [0.2, 0.25) is 0 Å². The normalized spacial score (nSPS) is 17.4. The average molecular weight is 343 g/mol. The van der Waals surface area contributed by atoms with Crippen LogP contribution in [0.5, 0.6) is 0 Å². The summed E-state index contributed by atoms with van der Waals surface area (Å²) in [5.41, 5.74) is 4.89. The lowest BCUT2D eigenvalue weighted by Crippen LogP contribution is -2.50. The van der Waals surface area contributed by atoms with Crippen molar-refractivity contribution < 1.29 is 19.4 Å². The molecule has 7 heteroatoms. The molecule has 1 aliphatic rings. The van der Waals surface area contributed by atoms with Crippen LogP contribution in [0.4, 0.5) is 5.69 Å². The first-order valence-electron chi connectivity index (χ1n) is 6.14. The van der Waals surface area contributed by atoms with Crippen molar-refractivity contribution in [1.29, 1.82) is 0 Å². The van der Waals surface area contributed by atoms with Crippen LogP contribution >= 0.6 is 15.9 Å². The lowest BCUT2D eigenvalue weighted by atomic mass is 9.89. The van der Waals surface area contributed by atoms with Crippen molar-refractivity contribution in [1.82, 2.24) is 0 Å². The summed E-state index contributed by atoms with van der Waals surface area (Å²) < 4.78 is 5.74. The maximum absolute atomic E-state index is 11.6. The number of anilines is 1. The second-order valence-electron chi connectivity index (χ2n) is 4.65. The Labute approximate surface area is 124 Å². The highest BCUT2D eigenvalue weighted by atomic mass is 79.9. The molecule has 1 aromatic carbocycles. The monoisotopic (exact) mass is 342 g/mol. The number of hydrogen-bond acceptors (Lipinski definition) is 4. The van der Waals surface area contributed by atoms with E-state index in [2.05, 4.69) is 21.2 Å². The number of ether oxygens (including phenoxy) is 1. The average Bonchev–Trinajstić information content (AvgIpc) is 2.39. The first-order valence-corrected chi connectivity index (χ1v) is 6.93. The van der Waals surface area contributed by atoms with Gasteiger partial charge in [0.1, 0.15) is 5.54 Å². The fourth-order valence-electron chi connectivity index (χ4n) is 2.25. The van der Waals surface area contributed by atoms with Gasteiger partial charge in [-0.05, 0) is 28.1 Å². The van der Waals surface area contributed by atoms with Gasteiger partial charge in [0, 0.05) is 36.2 Å². The Kier molecular flexibility index (Phi) is 4.29. The number of benzene rings is 1. The molecule has 20 heavy (non-hydrogen) atoms. The van der Waals surface area contributed by atoms with Gasteiger partial charge in [-0.15, -0.1) is 0 Å². The van der Waals surface area contributed by atoms with Gasteiger partial charge < -0.3 is 20.9 Å². The molecule has 1 aromatic rings. The fourth-order valence-corrected chi connectivity index (χ4v) is 2.81. The number of carbonyl (C=O) groups is 2. The van der Waals surface area contributed by atoms with E-state index >= 15 is 0 Å².